The van der Waals surface area contributed by atoms with Gasteiger partial charge in [0.25, 0.3) is 0 Å². The van der Waals surface area contributed by atoms with Gasteiger partial charge in [-0.05, 0) is 34.8 Å². The largest absolute Gasteiger partial charge is 0.504 e. The van der Waals surface area contributed by atoms with E-state index in [1.54, 1.807) is 0 Å². The number of carboxylic acids is 1. The Morgan fingerprint density at radius 1 is 1.56 bits per heavy atom. The van der Waals surface area contributed by atoms with Crippen LogP contribution in [0.1, 0.15) is 24.8 Å². The van der Waals surface area contributed by atoms with Gasteiger partial charge in [-0.25, -0.2) is 0 Å². The highest BCUT2D eigenvalue weighted by Gasteiger charge is 2.48. The van der Waals surface area contributed by atoms with Crippen LogP contribution < -0.4 is 4.74 Å². The topological polar surface area (TPSA) is 66.8 Å². The molecule has 0 amide bonds. The van der Waals surface area contributed by atoms with E-state index in [1.807, 2.05) is 0 Å². The number of phenolic OH excluding ortho intramolecular Hbond substituents is 1. The van der Waals surface area contributed by atoms with Gasteiger partial charge in [0, 0.05) is 5.56 Å². The molecule has 0 radical (unpaired) electrons. The van der Waals surface area contributed by atoms with Crippen LogP contribution in [0.15, 0.2) is 10.5 Å². The Morgan fingerprint density at radius 2 is 2.17 bits per heavy atom. The normalized spacial score (nSPS) is 17.1. The summed E-state index contributed by atoms with van der Waals surface area (Å²) in [6.07, 6.45) is 1.65. The molecule has 0 aromatic heterocycles. The van der Waals surface area contributed by atoms with E-state index >= 15 is 0 Å². The van der Waals surface area contributed by atoms with Gasteiger partial charge >= 0.3 is 5.97 Å². The number of rotatable bonds is 3. The van der Waals surface area contributed by atoms with Crippen molar-refractivity contribution in [2.75, 3.05) is 7.11 Å². The van der Waals surface area contributed by atoms with E-state index < -0.39 is 23.0 Å². The summed E-state index contributed by atoms with van der Waals surface area (Å²) >= 11 is 3.02. The lowest BCUT2D eigenvalue weighted by Crippen LogP contribution is -2.42. The molecule has 1 aromatic rings. The van der Waals surface area contributed by atoms with E-state index in [0.29, 0.717) is 12.8 Å². The Labute approximate surface area is 112 Å². The van der Waals surface area contributed by atoms with Crippen molar-refractivity contribution in [3.8, 4) is 11.5 Å². The van der Waals surface area contributed by atoms with Crippen LogP contribution in [0.25, 0.3) is 0 Å². The molecule has 98 valence electrons. The molecular weight excluding hydrogens is 307 g/mol. The van der Waals surface area contributed by atoms with Crippen LogP contribution in [0, 0.1) is 5.82 Å². The zero-order chi connectivity index (χ0) is 13.5. The number of hydrogen-bond acceptors (Lipinski definition) is 3. The second kappa shape index (κ2) is 4.42. The lowest BCUT2D eigenvalue weighted by Gasteiger charge is -2.39. The Bertz CT molecular complexity index is 511. The second-order valence-corrected chi connectivity index (χ2v) is 5.20. The van der Waals surface area contributed by atoms with Crippen molar-refractivity contribution >= 4 is 21.9 Å². The molecule has 0 bridgehead atoms. The molecule has 4 nitrogen and oxygen atoms in total. The van der Waals surface area contributed by atoms with Gasteiger partial charge in [0.05, 0.1) is 17.0 Å². The average molecular weight is 319 g/mol. The number of hydrogen-bond donors (Lipinski definition) is 2. The molecule has 2 rings (SSSR count). The number of aliphatic carboxylic acids is 1. The van der Waals surface area contributed by atoms with E-state index in [0.717, 1.165) is 6.42 Å². The van der Waals surface area contributed by atoms with Crippen LogP contribution in [-0.4, -0.2) is 23.3 Å². The van der Waals surface area contributed by atoms with E-state index in [-0.39, 0.29) is 15.8 Å². The van der Waals surface area contributed by atoms with Crippen molar-refractivity contribution in [1.82, 2.24) is 0 Å². The average Bonchev–Trinajstić information content (AvgIpc) is 2.24. The molecule has 0 saturated heterocycles. The Kier molecular flexibility index (Phi) is 3.23. The zero-order valence-electron chi connectivity index (χ0n) is 9.67. The fraction of sp³-hybridized carbons (Fsp3) is 0.417. The first-order chi connectivity index (χ1) is 8.44. The molecule has 1 saturated carbocycles. The third kappa shape index (κ3) is 1.67. The predicted molar refractivity (Wildman–Crippen MR) is 65.5 cm³/mol. The van der Waals surface area contributed by atoms with Crippen molar-refractivity contribution in [1.29, 1.82) is 0 Å². The number of benzene rings is 1. The van der Waals surface area contributed by atoms with Crippen LogP contribution in [0.3, 0.4) is 0 Å². The minimum Gasteiger partial charge on any atom is -0.504 e. The van der Waals surface area contributed by atoms with Gasteiger partial charge in [-0.3, -0.25) is 4.79 Å². The highest BCUT2D eigenvalue weighted by atomic mass is 79.9. The fourth-order valence-electron chi connectivity index (χ4n) is 2.28. The smallest absolute Gasteiger partial charge is 0.314 e. The minimum atomic E-state index is -1.11. The summed E-state index contributed by atoms with van der Waals surface area (Å²) in [6.45, 7) is 0. The van der Waals surface area contributed by atoms with E-state index in [2.05, 4.69) is 15.9 Å². The molecule has 0 heterocycles. The zero-order valence-corrected chi connectivity index (χ0v) is 11.3. The quantitative estimate of drug-likeness (QED) is 0.899. The van der Waals surface area contributed by atoms with Crippen LogP contribution in [0.5, 0.6) is 11.5 Å². The molecule has 1 fully saturated rings. The van der Waals surface area contributed by atoms with Crippen LogP contribution >= 0.6 is 15.9 Å². The monoisotopic (exact) mass is 318 g/mol. The van der Waals surface area contributed by atoms with Crippen molar-refractivity contribution in [2.24, 2.45) is 0 Å². The second-order valence-electron chi connectivity index (χ2n) is 4.34. The number of halogens is 2. The number of carbonyl (C=O) groups is 1. The molecule has 0 aliphatic heterocycles. The summed E-state index contributed by atoms with van der Waals surface area (Å²) in [6, 6.07) is 1.42. The van der Waals surface area contributed by atoms with E-state index in [1.165, 1.54) is 13.2 Å². The van der Waals surface area contributed by atoms with Gasteiger partial charge in [0.1, 0.15) is 0 Å². The molecule has 2 N–H and O–H groups in total. The molecule has 6 heteroatoms. The summed E-state index contributed by atoms with van der Waals surface area (Å²) in [5.74, 6) is -2.70. The molecule has 0 spiro atoms. The number of ether oxygens (including phenoxy) is 1. The first-order valence-corrected chi connectivity index (χ1v) is 6.22. The molecule has 0 unspecified atom stereocenters. The number of methoxy groups -OCH3 is 1. The Balaban J connectivity index is 2.67. The molecule has 1 aromatic carbocycles. The highest BCUT2D eigenvalue weighted by Crippen LogP contribution is 2.50. The lowest BCUT2D eigenvalue weighted by atomic mass is 9.64. The van der Waals surface area contributed by atoms with Crippen molar-refractivity contribution in [3.63, 3.8) is 0 Å². The van der Waals surface area contributed by atoms with E-state index in [9.17, 15) is 19.4 Å². The third-order valence-electron chi connectivity index (χ3n) is 3.49. The minimum absolute atomic E-state index is 0.128. The molecule has 1 aliphatic carbocycles. The first-order valence-electron chi connectivity index (χ1n) is 5.43. The summed E-state index contributed by atoms with van der Waals surface area (Å²) in [7, 11) is 1.25. The first kappa shape index (κ1) is 13.1. The summed E-state index contributed by atoms with van der Waals surface area (Å²) in [4.78, 5) is 11.4. The molecule has 0 atom stereocenters. The van der Waals surface area contributed by atoms with Crippen molar-refractivity contribution in [3.05, 3.63) is 21.9 Å². The summed E-state index contributed by atoms with van der Waals surface area (Å²) in [5.41, 5.74) is -0.839. The van der Waals surface area contributed by atoms with Gasteiger partial charge in [0.2, 0.25) is 5.82 Å². The Morgan fingerprint density at radius 3 is 2.56 bits per heavy atom. The standard InChI is InChI=1S/C12H12BrFO4/c1-18-10-6(5-7(13)9(15)8(10)14)12(11(16)17)3-2-4-12/h5,15H,2-4H2,1H3,(H,16,17). The van der Waals surface area contributed by atoms with Crippen LogP contribution in [0.4, 0.5) is 4.39 Å². The van der Waals surface area contributed by atoms with Gasteiger partial charge in [-0.15, -0.1) is 0 Å². The number of phenols is 1. The van der Waals surface area contributed by atoms with Gasteiger partial charge in [0.15, 0.2) is 11.5 Å². The van der Waals surface area contributed by atoms with Gasteiger partial charge in [-0.1, -0.05) is 6.42 Å². The summed E-state index contributed by atoms with van der Waals surface area (Å²) < 4.78 is 18.9. The van der Waals surface area contributed by atoms with E-state index in [4.69, 9.17) is 4.74 Å². The van der Waals surface area contributed by atoms with Crippen LogP contribution in [0.2, 0.25) is 0 Å². The number of carboxylic acid groups (broad SMARTS) is 1. The van der Waals surface area contributed by atoms with Crippen molar-refractivity contribution in [2.45, 2.75) is 24.7 Å². The fourth-order valence-corrected chi connectivity index (χ4v) is 2.68. The highest BCUT2D eigenvalue weighted by molar-refractivity contribution is 9.10. The lowest BCUT2D eigenvalue weighted by molar-refractivity contribution is -0.147. The summed E-state index contributed by atoms with van der Waals surface area (Å²) in [5, 5.41) is 18.8. The molecule has 18 heavy (non-hydrogen) atoms. The van der Waals surface area contributed by atoms with Crippen molar-refractivity contribution < 1.29 is 24.1 Å². The molecule has 1 aliphatic rings. The maximum Gasteiger partial charge on any atom is 0.314 e. The van der Waals surface area contributed by atoms with Gasteiger partial charge < -0.3 is 14.9 Å². The van der Waals surface area contributed by atoms with Crippen LogP contribution in [-0.2, 0) is 10.2 Å². The SMILES string of the molecule is COc1c(C2(C(=O)O)CCC2)cc(Br)c(O)c1F. The van der Waals surface area contributed by atoms with Gasteiger partial charge in [-0.2, -0.15) is 4.39 Å². The maximum absolute atomic E-state index is 13.9. The predicted octanol–water partition coefficient (Wildman–Crippen LogP) is 2.81. The third-order valence-corrected chi connectivity index (χ3v) is 4.09. The number of aromatic hydroxyl groups is 1. The molecular formula is C12H12BrFO4. The maximum atomic E-state index is 13.9. The Hall–Kier alpha value is -1.30.